The molecule has 0 saturated carbocycles. The van der Waals surface area contributed by atoms with Crippen molar-refractivity contribution in [2.24, 2.45) is 0 Å². The largest absolute Gasteiger partial charge is 0.493 e. The molecule has 0 spiro atoms. The summed E-state index contributed by atoms with van der Waals surface area (Å²) in [4.78, 5) is 23.4. The van der Waals surface area contributed by atoms with E-state index in [-0.39, 0.29) is 25.5 Å². The van der Waals surface area contributed by atoms with E-state index in [4.69, 9.17) is 9.47 Å². The molecule has 2 aromatic rings. The van der Waals surface area contributed by atoms with Crippen LogP contribution in [0.25, 0.3) is 0 Å². The van der Waals surface area contributed by atoms with Gasteiger partial charge in [-0.1, -0.05) is 35.9 Å². The lowest BCUT2D eigenvalue weighted by molar-refractivity contribution is -0.130. The van der Waals surface area contributed by atoms with Gasteiger partial charge >= 0.3 is 0 Å². The van der Waals surface area contributed by atoms with E-state index >= 15 is 0 Å². The summed E-state index contributed by atoms with van der Waals surface area (Å²) in [5.41, 5.74) is 6.72. The third kappa shape index (κ3) is 6.55. The highest BCUT2D eigenvalue weighted by atomic mass is 16.5. The first kappa shape index (κ1) is 18.3. The number of hydrogen-bond acceptors (Lipinski definition) is 4. The van der Waals surface area contributed by atoms with Crippen LogP contribution in [0.5, 0.6) is 11.5 Å². The second-order valence-corrected chi connectivity index (χ2v) is 5.56. The van der Waals surface area contributed by atoms with E-state index in [0.717, 1.165) is 11.1 Å². The Bertz CT molecular complexity index is 714. The van der Waals surface area contributed by atoms with Crippen molar-refractivity contribution in [2.45, 2.75) is 20.3 Å². The van der Waals surface area contributed by atoms with Gasteiger partial charge in [-0.15, -0.1) is 0 Å². The fourth-order valence-electron chi connectivity index (χ4n) is 2.00. The number of benzene rings is 2. The lowest BCUT2D eigenvalue weighted by atomic mass is 10.2. The summed E-state index contributed by atoms with van der Waals surface area (Å²) in [5.74, 6) is 0.567. The van der Waals surface area contributed by atoms with Crippen LogP contribution in [-0.4, -0.2) is 25.0 Å². The van der Waals surface area contributed by atoms with Crippen LogP contribution >= 0.6 is 0 Å². The summed E-state index contributed by atoms with van der Waals surface area (Å²) in [6.45, 7) is 3.93. The van der Waals surface area contributed by atoms with Crippen LogP contribution in [0.3, 0.4) is 0 Å². The van der Waals surface area contributed by atoms with Crippen molar-refractivity contribution < 1.29 is 19.1 Å². The van der Waals surface area contributed by atoms with Crippen LogP contribution in [-0.2, 0) is 9.59 Å². The van der Waals surface area contributed by atoms with Gasteiger partial charge in [0.05, 0.1) is 13.0 Å². The maximum absolute atomic E-state index is 11.7. The molecule has 6 nitrogen and oxygen atoms in total. The standard InChI is InChI=1S/C19H22N2O4/c1-14-7-9-16(10-8-14)24-12-11-18(22)20-21-19(23)13-25-17-6-4-3-5-15(17)2/h3-10H,11-13H2,1-2H3,(H,20,22)(H,21,23). The molecule has 132 valence electrons. The second-order valence-electron chi connectivity index (χ2n) is 5.56. The van der Waals surface area contributed by atoms with Gasteiger partial charge in [0.2, 0.25) is 5.91 Å². The number of ether oxygens (including phenoxy) is 2. The van der Waals surface area contributed by atoms with Crippen molar-refractivity contribution in [3.05, 3.63) is 59.7 Å². The van der Waals surface area contributed by atoms with Gasteiger partial charge in [-0.3, -0.25) is 20.4 Å². The van der Waals surface area contributed by atoms with Gasteiger partial charge in [0.1, 0.15) is 11.5 Å². The molecule has 0 unspecified atom stereocenters. The van der Waals surface area contributed by atoms with Crippen molar-refractivity contribution in [3.63, 3.8) is 0 Å². The molecule has 2 aromatic carbocycles. The van der Waals surface area contributed by atoms with Gasteiger partial charge in [0.25, 0.3) is 5.91 Å². The van der Waals surface area contributed by atoms with E-state index in [1.807, 2.05) is 56.3 Å². The van der Waals surface area contributed by atoms with E-state index in [1.54, 1.807) is 6.07 Å². The number of carbonyl (C=O) groups excluding carboxylic acids is 2. The zero-order valence-corrected chi connectivity index (χ0v) is 14.4. The maximum Gasteiger partial charge on any atom is 0.276 e. The van der Waals surface area contributed by atoms with Gasteiger partial charge in [0, 0.05) is 0 Å². The molecule has 2 rings (SSSR count). The van der Waals surface area contributed by atoms with Crippen molar-refractivity contribution in [1.82, 2.24) is 10.9 Å². The molecular weight excluding hydrogens is 320 g/mol. The molecule has 0 aliphatic rings. The highest BCUT2D eigenvalue weighted by molar-refractivity contribution is 5.82. The van der Waals surface area contributed by atoms with E-state index in [9.17, 15) is 9.59 Å². The first-order valence-electron chi connectivity index (χ1n) is 8.00. The number of hydrazine groups is 1. The predicted molar refractivity (Wildman–Crippen MR) is 94.3 cm³/mol. The van der Waals surface area contributed by atoms with E-state index in [2.05, 4.69) is 10.9 Å². The average Bonchev–Trinajstić information content (AvgIpc) is 2.61. The summed E-state index contributed by atoms with van der Waals surface area (Å²) < 4.78 is 10.9. The summed E-state index contributed by atoms with van der Waals surface area (Å²) in [6, 6.07) is 15.0. The maximum atomic E-state index is 11.7. The Morgan fingerprint density at radius 2 is 1.56 bits per heavy atom. The lowest BCUT2D eigenvalue weighted by Gasteiger charge is -2.10. The van der Waals surface area contributed by atoms with Crippen molar-refractivity contribution >= 4 is 11.8 Å². The minimum atomic E-state index is -0.434. The van der Waals surface area contributed by atoms with Crippen molar-refractivity contribution in [3.8, 4) is 11.5 Å². The van der Waals surface area contributed by atoms with E-state index in [0.29, 0.717) is 11.5 Å². The Hall–Kier alpha value is -3.02. The van der Waals surface area contributed by atoms with Crippen LogP contribution in [0.4, 0.5) is 0 Å². The van der Waals surface area contributed by atoms with E-state index < -0.39 is 5.91 Å². The first-order chi connectivity index (χ1) is 12.0. The number of hydrogen-bond donors (Lipinski definition) is 2. The highest BCUT2D eigenvalue weighted by Gasteiger charge is 2.07. The molecule has 6 heteroatoms. The third-order valence-electron chi connectivity index (χ3n) is 3.41. The number of amides is 2. The minimum Gasteiger partial charge on any atom is -0.493 e. The SMILES string of the molecule is Cc1ccc(OCCC(=O)NNC(=O)COc2ccccc2C)cc1. The molecular formula is C19H22N2O4. The monoisotopic (exact) mass is 342 g/mol. The molecule has 2 N–H and O–H groups in total. The molecule has 0 aliphatic carbocycles. The third-order valence-corrected chi connectivity index (χ3v) is 3.41. The highest BCUT2D eigenvalue weighted by Crippen LogP contribution is 2.15. The lowest BCUT2D eigenvalue weighted by Crippen LogP contribution is -2.44. The van der Waals surface area contributed by atoms with Gasteiger partial charge in [-0.25, -0.2) is 0 Å². The Morgan fingerprint density at radius 1 is 0.880 bits per heavy atom. The summed E-state index contributed by atoms with van der Waals surface area (Å²) in [7, 11) is 0. The van der Waals surface area contributed by atoms with Gasteiger partial charge in [-0.2, -0.15) is 0 Å². The normalized spacial score (nSPS) is 10.0. The summed E-state index contributed by atoms with van der Waals surface area (Å²) in [6.07, 6.45) is 0.132. The van der Waals surface area contributed by atoms with Crippen LogP contribution in [0.1, 0.15) is 17.5 Å². The molecule has 25 heavy (non-hydrogen) atoms. The number of rotatable bonds is 7. The van der Waals surface area contributed by atoms with Gasteiger partial charge in [-0.05, 0) is 37.6 Å². The number of nitrogens with one attached hydrogen (secondary N) is 2. The Balaban J connectivity index is 1.61. The Kier molecular flexibility index (Phi) is 6.83. The zero-order valence-electron chi connectivity index (χ0n) is 14.4. The van der Waals surface area contributed by atoms with Crippen LogP contribution < -0.4 is 20.3 Å². The smallest absolute Gasteiger partial charge is 0.276 e. The molecule has 2 amide bonds. The van der Waals surface area contributed by atoms with Crippen molar-refractivity contribution in [1.29, 1.82) is 0 Å². The average molecular weight is 342 g/mol. The molecule has 0 heterocycles. The molecule has 0 radical (unpaired) electrons. The fourth-order valence-corrected chi connectivity index (χ4v) is 2.00. The number of para-hydroxylation sites is 1. The Morgan fingerprint density at radius 3 is 2.28 bits per heavy atom. The fraction of sp³-hybridized carbons (Fsp3) is 0.263. The molecule has 0 bridgehead atoms. The number of aryl methyl sites for hydroxylation is 2. The Labute approximate surface area is 147 Å². The minimum absolute atomic E-state index is 0.132. The quantitative estimate of drug-likeness (QED) is 0.757. The molecule has 0 aliphatic heterocycles. The molecule has 0 saturated heterocycles. The topological polar surface area (TPSA) is 76.7 Å². The van der Waals surface area contributed by atoms with Crippen molar-refractivity contribution in [2.75, 3.05) is 13.2 Å². The predicted octanol–water partition coefficient (Wildman–Crippen LogP) is 2.30. The molecule has 0 atom stereocenters. The summed E-state index contributed by atoms with van der Waals surface area (Å²) in [5, 5.41) is 0. The molecule has 0 fully saturated rings. The van der Waals surface area contributed by atoms with Gasteiger partial charge < -0.3 is 9.47 Å². The van der Waals surface area contributed by atoms with Gasteiger partial charge in [0.15, 0.2) is 6.61 Å². The number of carbonyl (C=O) groups is 2. The first-order valence-corrected chi connectivity index (χ1v) is 8.00. The second kappa shape index (κ2) is 9.32. The van der Waals surface area contributed by atoms with Crippen LogP contribution in [0.2, 0.25) is 0 Å². The molecule has 0 aromatic heterocycles. The van der Waals surface area contributed by atoms with Crippen LogP contribution in [0, 0.1) is 13.8 Å². The van der Waals surface area contributed by atoms with Crippen LogP contribution in [0.15, 0.2) is 48.5 Å². The van der Waals surface area contributed by atoms with E-state index in [1.165, 1.54) is 0 Å². The zero-order chi connectivity index (χ0) is 18.1. The summed E-state index contributed by atoms with van der Waals surface area (Å²) >= 11 is 0.